The Balaban J connectivity index is 1.95. The largest absolute Gasteiger partial charge is 0.393 e. The van der Waals surface area contributed by atoms with Crippen LogP contribution in [0.5, 0.6) is 0 Å². The average molecular weight is 202 g/mol. The summed E-state index contributed by atoms with van der Waals surface area (Å²) < 4.78 is 5.26. The molecule has 2 N–H and O–H groups in total. The Kier molecular flexibility index (Phi) is 5.27. The summed E-state index contributed by atoms with van der Waals surface area (Å²) in [5, 5.41) is 0. The van der Waals surface area contributed by atoms with Gasteiger partial charge in [0.25, 0.3) is 0 Å². The lowest BCUT2D eigenvalue weighted by molar-refractivity contribution is 0.0372. The third-order valence-corrected chi connectivity index (χ3v) is 2.46. The number of nitrogens with zero attached hydrogens (tertiary/aromatic N) is 1. The van der Waals surface area contributed by atoms with Gasteiger partial charge < -0.3 is 10.5 Å². The molecule has 0 aromatic carbocycles. The number of nitrogens with two attached hydrogens (primary N) is 1. The zero-order valence-electron chi connectivity index (χ0n) is 8.00. The highest BCUT2D eigenvalue weighted by Gasteiger charge is 2.08. The van der Waals surface area contributed by atoms with E-state index in [4.69, 9.17) is 22.7 Å². The first-order chi connectivity index (χ1) is 6.29. The highest BCUT2D eigenvalue weighted by Crippen LogP contribution is 2.01. The molecule has 0 unspecified atom stereocenters. The summed E-state index contributed by atoms with van der Waals surface area (Å²) >= 11 is 4.81. The average Bonchev–Trinajstić information content (AvgIpc) is 2.14. The quantitative estimate of drug-likeness (QED) is 0.528. The van der Waals surface area contributed by atoms with Gasteiger partial charge >= 0.3 is 0 Å². The van der Waals surface area contributed by atoms with E-state index in [2.05, 4.69) is 4.90 Å². The number of morpholine rings is 1. The highest BCUT2D eigenvalue weighted by molar-refractivity contribution is 7.80. The minimum Gasteiger partial charge on any atom is -0.393 e. The summed E-state index contributed by atoms with van der Waals surface area (Å²) in [6.07, 6.45) is 3.20. The van der Waals surface area contributed by atoms with Crippen LogP contribution in [-0.2, 0) is 4.74 Å². The molecule has 1 aliphatic rings. The molecule has 0 spiro atoms. The summed E-state index contributed by atoms with van der Waals surface area (Å²) in [6.45, 7) is 5.08. The molecular weight excluding hydrogens is 184 g/mol. The van der Waals surface area contributed by atoms with Crippen molar-refractivity contribution in [2.45, 2.75) is 19.3 Å². The van der Waals surface area contributed by atoms with Crippen LogP contribution in [0.15, 0.2) is 0 Å². The van der Waals surface area contributed by atoms with Crippen LogP contribution in [0.3, 0.4) is 0 Å². The number of rotatable bonds is 5. The number of hydrogen-bond donors (Lipinski definition) is 1. The van der Waals surface area contributed by atoms with Gasteiger partial charge in [-0.15, -0.1) is 0 Å². The Hall–Kier alpha value is -0.190. The first kappa shape index (κ1) is 10.9. The number of thiocarbonyl (C=S) groups is 1. The molecule has 0 aliphatic carbocycles. The monoisotopic (exact) mass is 202 g/mol. The van der Waals surface area contributed by atoms with E-state index in [1.807, 2.05) is 0 Å². The van der Waals surface area contributed by atoms with Gasteiger partial charge in [-0.1, -0.05) is 12.2 Å². The van der Waals surface area contributed by atoms with Gasteiger partial charge in [-0.2, -0.15) is 0 Å². The van der Waals surface area contributed by atoms with E-state index in [0.29, 0.717) is 4.99 Å². The highest BCUT2D eigenvalue weighted by atomic mass is 32.1. The molecule has 13 heavy (non-hydrogen) atoms. The molecule has 0 radical (unpaired) electrons. The predicted octanol–water partition coefficient (Wildman–Crippen LogP) is 0.775. The smallest absolute Gasteiger partial charge is 0.0727 e. The zero-order chi connectivity index (χ0) is 9.52. The maximum atomic E-state index is 5.41. The third-order valence-electron chi connectivity index (χ3n) is 2.25. The lowest BCUT2D eigenvalue weighted by atomic mass is 10.2. The summed E-state index contributed by atoms with van der Waals surface area (Å²) in [7, 11) is 0. The van der Waals surface area contributed by atoms with Crippen LogP contribution in [0.25, 0.3) is 0 Å². The summed E-state index contributed by atoms with van der Waals surface area (Å²) in [6, 6.07) is 0. The van der Waals surface area contributed by atoms with E-state index in [1.54, 1.807) is 0 Å². The lowest BCUT2D eigenvalue weighted by Crippen LogP contribution is -2.36. The van der Waals surface area contributed by atoms with Crippen LogP contribution >= 0.6 is 12.2 Å². The number of hydrogen-bond acceptors (Lipinski definition) is 3. The molecular formula is C9H18N2OS. The Morgan fingerprint density at radius 2 is 2.00 bits per heavy atom. The van der Waals surface area contributed by atoms with Gasteiger partial charge in [-0.3, -0.25) is 4.90 Å². The molecule has 1 aliphatic heterocycles. The van der Waals surface area contributed by atoms with Crippen molar-refractivity contribution in [2.24, 2.45) is 5.73 Å². The molecule has 1 heterocycles. The van der Waals surface area contributed by atoms with Crippen LogP contribution < -0.4 is 5.73 Å². The van der Waals surface area contributed by atoms with Crippen LogP contribution in [0, 0.1) is 0 Å². The minimum atomic E-state index is 0.641. The fourth-order valence-corrected chi connectivity index (χ4v) is 1.60. The Morgan fingerprint density at radius 3 is 2.62 bits per heavy atom. The van der Waals surface area contributed by atoms with Crippen molar-refractivity contribution in [3.63, 3.8) is 0 Å². The normalized spacial score (nSPS) is 18.8. The van der Waals surface area contributed by atoms with E-state index < -0.39 is 0 Å². The molecule has 1 rings (SSSR count). The standard InChI is InChI=1S/C9H18N2OS/c10-9(13)3-1-2-4-11-5-7-12-8-6-11/h1-8H2,(H2,10,13). The molecule has 3 nitrogen and oxygen atoms in total. The number of ether oxygens (including phenoxy) is 1. The van der Waals surface area contributed by atoms with Crippen LogP contribution in [0.4, 0.5) is 0 Å². The minimum absolute atomic E-state index is 0.641. The molecule has 1 fully saturated rings. The van der Waals surface area contributed by atoms with Crippen molar-refractivity contribution in [2.75, 3.05) is 32.8 Å². The fraction of sp³-hybridized carbons (Fsp3) is 0.889. The Labute approximate surface area is 85.2 Å². The van der Waals surface area contributed by atoms with E-state index in [0.717, 1.165) is 45.7 Å². The Bertz CT molecular complexity index is 158. The SMILES string of the molecule is NC(=S)CCCCN1CCOCC1. The predicted molar refractivity (Wildman–Crippen MR) is 57.9 cm³/mol. The van der Waals surface area contributed by atoms with E-state index in [-0.39, 0.29) is 0 Å². The molecule has 1 saturated heterocycles. The molecule has 0 amide bonds. The van der Waals surface area contributed by atoms with Crippen molar-refractivity contribution in [1.29, 1.82) is 0 Å². The first-order valence-electron chi connectivity index (χ1n) is 4.87. The summed E-state index contributed by atoms with van der Waals surface area (Å²) in [5.74, 6) is 0. The van der Waals surface area contributed by atoms with Gasteiger partial charge in [0.05, 0.1) is 18.2 Å². The van der Waals surface area contributed by atoms with Gasteiger partial charge in [0.15, 0.2) is 0 Å². The van der Waals surface area contributed by atoms with Crippen molar-refractivity contribution in [1.82, 2.24) is 4.90 Å². The topological polar surface area (TPSA) is 38.5 Å². The number of unbranched alkanes of at least 4 members (excludes halogenated alkanes) is 1. The van der Waals surface area contributed by atoms with Gasteiger partial charge in [0, 0.05) is 13.1 Å². The van der Waals surface area contributed by atoms with Gasteiger partial charge in [-0.05, 0) is 25.8 Å². The lowest BCUT2D eigenvalue weighted by Gasteiger charge is -2.26. The molecule has 76 valence electrons. The third kappa shape index (κ3) is 5.18. The van der Waals surface area contributed by atoms with E-state index in [9.17, 15) is 0 Å². The van der Waals surface area contributed by atoms with E-state index in [1.165, 1.54) is 6.42 Å². The second-order valence-electron chi connectivity index (χ2n) is 3.38. The van der Waals surface area contributed by atoms with Crippen molar-refractivity contribution < 1.29 is 4.74 Å². The molecule has 0 aromatic rings. The van der Waals surface area contributed by atoms with Crippen LogP contribution in [0.1, 0.15) is 19.3 Å². The van der Waals surface area contributed by atoms with Crippen molar-refractivity contribution in [3.05, 3.63) is 0 Å². The molecule has 4 heteroatoms. The second kappa shape index (κ2) is 6.29. The van der Waals surface area contributed by atoms with Crippen molar-refractivity contribution >= 4 is 17.2 Å². The second-order valence-corrected chi connectivity index (χ2v) is 3.90. The molecule has 0 saturated carbocycles. The molecule has 0 atom stereocenters. The van der Waals surface area contributed by atoms with Gasteiger partial charge in [0.1, 0.15) is 0 Å². The van der Waals surface area contributed by atoms with Gasteiger partial charge in [-0.25, -0.2) is 0 Å². The maximum absolute atomic E-state index is 5.41. The van der Waals surface area contributed by atoms with E-state index >= 15 is 0 Å². The van der Waals surface area contributed by atoms with Crippen LogP contribution in [-0.4, -0.2) is 42.7 Å². The molecule has 0 bridgehead atoms. The maximum Gasteiger partial charge on any atom is 0.0727 e. The first-order valence-corrected chi connectivity index (χ1v) is 5.28. The molecule has 0 aromatic heterocycles. The summed E-state index contributed by atoms with van der Waals surface area (Å²) in [5.41, 5.74) is 5.41. The zero-order valence-corrected chi connectivity index (χ0v) is 8.81. The van der Waals surface area contributed by atoms with Crippen molar-refractivity contribution in [3.8, 4) is 0 Å². The van der Waals surface area contributed by atoms with Crippen LogP contribution in [0.2, 0.25) is 0 Å². The van der Waals surface area contributed by atoms with Gasteiger partial charge in [0.2, 0.25) is 0 Å². The Morgan fingerprint density at radius 1 is 1.31 bits per heavy atom. The fourth-order valence-electron chi connectivity index (χ4n) is 1.46. The summed E-state index contributed by atoms with van der Waals surface area (Å²) in [4.78, 5) is 3.07.